The Morgan fingerprint density at radius 2 is 1.18 bits per heavy atom. The smallest absolute Gasteiger partial charge is 0.303 e. The third-order valence-electron chi connectivity index (χ3n) is 5.17. The van der Waals surface area contributed by atoms with Gasteiger partial charge in [0.05, 0.1) is 0 Å². The Morgan fingerprint density at radius 1 is 0.824 bits per heavy atom. The molecule has 4 rings (SSSR count). The van der Waals surface area contributed by atoms with Crippen LogP contribution < -0.4 is 0 Å². The molecule has 0 atom stereocenters. The van der Waals surface area contributed by atoms with E-state index < -0.39 is 0 Å². The summed E-state index contributed by atoms with van der Waals surface area (Å²) in [5.41, 5.74) is 1.05. The van der Waals surface area contributed by atoms with Crippen LogP contribution in [0, 0.1) is 16.2 Å². The van der Waals surface area contributed by atoms with Crippen LogP contribution in [0.25, 0.3) is 0 Å². The van der Waals surface area contributed by atoms with Crippen molar-refractivity contribution in [1.29, 1.82) is 0 Å². The maximum atomic E-state index is 11.4. The van der Waals surface area contributed by atoms with E-state index in [1.165, 1.54) is 19.3 Å². The molecule has 0 aliphatic heterocycles. The summed E-state index contributed by atoms with van der Waals surface area (Å²) in [5.74, 6) is -0.0947. The maximum Gasteiger partial charge on any atom is 0.303 e. The van der Waals surface area contributed by atoms with Gasteiger partial charge in [0, 0.05) is 6.92 Å². The van der Waals surface area contributed by atoms with Crippen LogP contribution in [0.2, 0.25) is 0 Å². The van der Waals surface area contributed by atoms with Gasteiger partial charge in [-0.1, -0.05) is 20.8 Å². The summed E-state index contributed by atoms with van der Waals surface area (Å²) in [5, 5.41) is 0. The molecule has 4 aliphatic rings. The second-order valence-corrected chi connectivity index (χ2v) is 8.27. The van der Waals surface area contributed by atoms with Gasteiger partial charge < -0.3 is 4.74 Å². The van der Waals surface area contributed by atoms with E-state index in [-0.39, 0.29) is 11.6 Å². The Labute approximate surface area is 104 Å². The normalized spacial score (nSPS) is 56.0. The van der Waals surface area contributed by atoms with Gasteiger partial charge >= 0.3 is 5.97 Å². The zero-order valence-electron chi connectivity index (χ0n) is 11.6. The highest BCUT2D eigenvalue weighted by Gasteiger charge is 2.65. The van der Waals surface area contributed by atoms with Crippen LogP contribution in [-0.2, 0) is 9.53 Å². The predicted molar refractivity (Wildman–Crippen MR) is 66.5 cm³/mol. The average Bonchev–Trinajstić information content (AvgIpc) is 1.87. The van der Waals surface area contributed by atoms with E-state index in [4.69, 9.17) is 4.74 Å². The number of hydrogen-bond acceptors (Lipinski definition) is 2. The molecule has 0 N–H and O–H groups in total. The zero-order valence-corrected chi connectivity index (χ0v) is 11.6. The molecule has 2 heteroatoms. The van der Waals surface area contributed by atoms with E-state index in [0.717, 1.165) is 19.3 Å². The molecule has 0 aromatic heterocycles. The van der Waals surface area contributed by atoms with Gasteiger partial charge in [0.1, 0.15) is 5.60 Å². The minimum atomic E-state index is -0.140. The summed E-state index contributed by atoms with van der Waals surface area (Å²) >= 11 is 0. The highest BCUT2D eigenvalue weighted by molar-refractivity contribution is 5.66. The first-order valence-corrected chi connectivity index (χ1v) is 6.86. The fourth-order valence-electron chi connectivity index (χ4n) is 6.59. The molecule has 17 heavy (non-hydrogen) atoms. The average molecular weight is 236 g/mol. The third kappa shape index (κ3) is 1.71. The number of ether oxygens (including phenoxy) is 1. The van der Waals surface area contributed by atoms with Crippen molar-refractivity contribution in [3.05, 3.63) is 0 Å². The minimum Gasteiger partial charge on any atom is -0.459 e. The predicted octanol–water partition coefficient (Wildman–Crippen LogP) is 3.69. The SMILES string of the molecule is CC(=O)OC12CC3(C)CC(C)(CC(C)(C3)C1)C2. The molecule has 4 aliphatic carbocycles. The molecule has 0 unspecified atom stereocenters. The van der Waals surface area contributed by atoms with E-state index in [2.05, 4.69) is 20.8 Å². The fraction of sp³-hybridized carbons (Fsp3) is 0.933. The molecule has 0 aromatic carbocycles. The van der Waals surface area contributed by atoms with Crippen LogP contribution in [0.5, 0.6) is 0 Å². The topological polar surface area (TPSA) is 26.3 Å². The van der Waals surface area contributed by atoms with E-state index >= 15 is 0 Å². The second kappa shape index (κ2) is 2.89. The molecule has 0 spiro atoms. The van der Waals surface area contributed by atoms with Crippen molar-refractivity contribution in [2.24, 2.45) is 16.2 Å². The van der Waals surface area contributed by atoms with Crippen LogP contribution in [0.15, 0.2) is 0 Å². The Kier molecular flexibility index (Phi) is 1.97. The van der Waals surface area contributed by atoms with Gasteiger partial charge in [0.2, 0.25) is 0 Å². The summed E-state index contributed by atoms with van der Waals surface area (Å²) in [7, 11) is 0. The van der Waals surface area contributed by atoms with Crippen LogP contribution in [-0.4, -0.2) is 11.6 Å². The molecule has 0 heterocycles. The lowest BCUT2D eigenvalue weighted by Crippen LogP contribution is -2.63. The second-order valence-electron chi connectivity index (χ2n) is 8.27. The van der Waals surface area contributed by atoms with Gasteiger partial charge in [0.15, 0.2) is 0 Å². The summed E-state index contributed by atoms with van der Waals surface area (Å²) in [6, 6.07) is 0. The molecule has 2 nitrogen and oxygen atoms in total. The van der Waals surface area contributed by atoms with Crippen molar-refractivity contribution in [3.63, 3.8) is 0 Å². The van der Waals surface area contributed by atoms with Gasteiger partial charge in [-0.15, -0.1) is 0 Å². The van der Waals surface area contributed by atoms with Gasteiger partial charge in [-0.2, -0.15) is 0 Å². The monoisotopic (exact) mass is 236 g/mol. The van der Waals surface area contributed by atoms with E-state index in [0.29, 0.717) is 16.2 Å². The Balaban J connectivity index is 2.01. The lowest BCUT2D eigenvalue weighted by molar-refractivity contribution is -0.235. The molecule has 0 amide bonds. The number of esters is 1. The summed E-state index contributed by atoms with van der Waals surface area (Å²) in [6.45, 7) is 8.77. The number of rotatable bonds is 1. The zero-order chi connectivity index (χ0) is 12.5. The largest absolute Gasteiger partial charge is 0.459 e. The van der Waals surface area contributed by atoms with Crippen molar-refractivity contribution in [2.45, 2.75) is 71.8 Å². The first kappa shape index (κ1) is 11.6. The van der Waals surface area contributed by atoms with Crippen molar-refractivity contribution in [1.82, 2.24) is 0 Å². The molecule has 0 saturated heterocycles. The third-order valence-corrected chi connectivity index (χ3v) is 5.17. The van der Waals surface area contributed by atoms with E-state index in [1.807, 2.05) is 0 Å². The first-order valence-electron chi connectivity index (χ1n) is 6.86. The number of carbonyl (C=O) groups is 1. The molecule has 0 radical (unpaired) electrons. The van der Waals surface area contributed by atoms with Crippen LogP contribution >= 0.6 is 0 Å². The molecule has 0 aromatic rings. The fourth-order valence-corrected chi connectivity index (χ4v) is 6.59. The molecule has 4 fully saturated rings. The van der Waals surface area contributed by atoms with E-state index in [1.54, 1.807) is 6.92 Å². The molecular formula is C15H24O2. The van der Waals surface area contributed by atoms with Crippen molar-refractivity contribution < 1.29 is 9.53 Å². The minimum absolute atomic E-state index is 0.0947. The van der Waals surface area contributed by atoms with Crippen molar-refractivity contribution in [2.75, 3.05) is 0 Å². The van der Waals surface area contributed by atoms with Gasteiger partial charge in [-0.3, -0.25) is 4.79 Å². The first-order chi connectivity index (χ1) is 7.66. The standard InChI is InChI=1S/C15H24O2/c1-11(16)17-15-8-12(2)5-13(3,9-15)7-14(4,6-12)10-15/h5-10H2,1-4H3. The van der Waals surface area contributed by atoms with E-state index in [9.17, 15) is 4.79 Å². The molecular weight excluding hydrogens is 212 g/mol. The number of carbonyl (C=O) groups excluding carboxylic acids is 1. The van der Waals surface area contributed by atoms with Crippen LogP contribution in [0.4, 0.5) is 0 Å². The highest BCUT2D eigenvalue weighted by Crippen LogP contribution is 2.71. The summed E-state index contributed by atoms with van der Waals surface area (Å²) in [4.78, 5) is 11.4. The summed E-state index contributed by atoms with van der Waals surface area (Å²) < 4.78 is 5.81. The Bertz CT molecular complexity index is 331. The van der Waals surface area contributed by atoms with Crippen molar-refractivity contribution >= 4 is 5.97 Å². The van der Waals surface area contributed by atoms with Gasteiger partial charge in [0.25, 0.3) is 0 Å². The van der Waals surface area contributed by atoms with Crippen molar-refractivity contribution in [3.8, 4) is 0 Å². The molecule has 96 valence electrons. The summed E-state index contributed by atoms with van der Waals surface area (Å²) in [6.07, 6.45) is 7.22. The molecule has 4 bridgehead atoms. The number of hydrogen-bond donors (Lipinski definition) is 0. The maximum absolute atomic E-state index is 11.4. The van der Waals surface area contributed by atoms with Gasteiger partial charge in [-0.05, 0) is 54.8 Å². The van der Waals surface area contributed by atoms with Crippen LogP contribution in [0.3, 0.4) is 0 Å². The Hall–Kier alpha value is -0.530. The van der Waals surface area contributed by atoms with Gasteiger partial charge in [-0.25, -0.2) is 0 Å². The molecule has 4 saturated carbocycles. The Morgan fingerprint density at radius 3 is 1.47 bits per heavy atom. The highest BCUT2D eigenvalue weighted by atomic mass is 16.6. The quantitative estimate of drug-likeness (QED) is 0.649. The lowest BCUT2D eigenvalue weighted by Gasteiger charge is -2.68. The van der Waals surface area contributed by atoms with Crippen LogP contribution in [0.1, 0.15) is 66.2 Å². The lowest BCUT2D eigenvalue weighted by atomic mass is 9.39.